The summed E-state index contributed by atoms with van der Waals surface area (Å²) >= 11 is 0. The summed E-state index contributed by atoms with van der Waals surface area (Å²) in [6, 6.07) is 0. The average molecular weight is 132 g/mol. The van der Waals surface area contributed by atoms with Crippen molar-refractivity contribution in [2.75, 3.05) is 20.7 Å². The molecule has 0 saturated carbocycles. The van der Waals surface area contributed by atoms with E-state index in [1.807, 2.05) is 0 Å². The minimum Gasteiger partial charge on any atom is -0.449 e. The first-order valence-corrected chi connectivity index (χ1v) is 2.77. The van der Waals surface area contributed by atoms with Crippen molar-refractivity contribution in [3.05, 3.63) is 0 Å². The van der Waals surface area contributed by atoms with Gasteiger partial charge in [-0.1, -0.05) is 0 Å². The van der Waals surface area contributed by atoms with E-state index in [4.69, 9.17) is 0 Å². The summed E-state index contributed by atoms with van der Waals surface area (Å²) < 4.78 is 4.56. The van der Waals surface area contributed by atoms with Gasteiger partial charge in [-0.25, -0.2) is 9.80 Å². The van der Waals surface area contributed by atoms with E-state index in [2.05, 4.69) is 10.2 Å². The van der Waals surface area contributed by atoms with Gasteiger partial charge in [-0.2, -0.15) is 0 Å². The van der Waals surface area contributed by atoms with Gasteiger partial charge >= 0.3 is 6.09 Å². The Morgan fingerprint density at radius 2 is 2.22 bits per heavy atom. The quantitative estimate of drug-likeness (QED) is 0.546. The van der Waals surface area contributed by atoms with Gasteiger partial charge in [0.15, 0.2) is 0 Å². The maximum absolute atomic E-state index is 10.5. The number of carbonyl (C=O) groups is 1. The van der Waals surface area contributed by atoms with E-state index in [-0.39, 0.29) is 0 Å². The molecule has 1 amide bonds. The Morgan fingerprint density at radius 3 is 2.56 bits per heavy atom. The lowest BCUT2D eigenvalue weighted by Gasteiger charge is -2.10. The van der Waals surface area contributed by atoms with Gasteiger partial charge < -0.3 is 4.74 Å². The van der Waals surface area contributed by atoms with Crippen molar-refractivity contribution in [1.29, 1.82) is 0 Å². The predicted octanol–water partition coefficient (Wildman–Crippen LogP) is 0.209. The molecule has 0 aliphatic heterocycles. The molecule has 0 heterocycles. The fourth-order valence-electron chi connectivity index (χ4n) is 0.346. The number of hydrogen-bond donors (Lipinski definition) is 1. The van der Waals surface area contributed by atoms with Crippen LogP contribution in [0.25, 0.3) is 0 Å². The first-order chi connectivity index (χ1) is 4.16. The summed E-state index contributed by atoms with van der Waals surface area (Å²) in [6.07, 6.45) is -0.414. The third-order valence-electron chi connectivity index (χ3n) is 0.590. The van der Waals surface area contributed by atoms with Gasteiger partial charge in [0, 0.05) is 14.1 Å². The van der Waals surface area contributed by atoms with Gasteiger partial charge in [-0.3, -0.25) is 5.43 Å². The number of ether oxygens (including phenoxy) is 1. The van der Waals surface area contributed by atoms with Crippen LogP contribution in [-0.2, 0) is 4.74 Å². The monoisotopic (exact) mass is 132 g/mol. The molecule has 1 N–H and O–H groups in total. The normalized spacial score (nSPS) is 9.33. The topological polar surface area (TPSA) is 41.6 Å². The molecule has 4 heteroatoms. The number of amides is 1. The molecule has 0 atom stereocenters. The summed E-state index contributed by atoms with van der Waals surface area (Å²) in [5.74, 6) is 0. The lowest BCUT2D eigenvalue weighted by Crippen LogP contribution is -2.36. The lowest BCUT2D eigenvalue weighted by atomic mass is 10.9. The molecule has 0 bridgehead atoms. The van der Waals surface area contributed by atoms with E-state index in [1.165, 1.54) is 5.01 Å². The van der Waals surface area contributed by atoms with Gasteiger partial charge in [0.2, 0.25) is 0 Å². The molecular weight excluding hydrogens is 120 g/mol. The third kappa shape index (κ3) is 5.10. The van der Waals surface area contributed by atoms with Gasteiger partial charge in [-0.05, 0) is 6.92 Å². The summed E-state index contributed by atoms with van der Waals surface area (Å²) in [4.78, 5) is 10.5. The average Bonchev–Trinajstić information content (AvgIpc) is 1.63. The van der Waals surface area contributed by atoms with Crippen LogP contribution in [0.3, 0.4) is 0 Å². The summed E-state index contributed by atoms with van der Waals surface area (Å²) in [5.41, 5.74) is 2.42. The van der Waals surface area contributed by atoms with Crippen LogP contribution in [-0.4, -0.2) is 31.8 Å². The van der Waals surface area contributed by atoms with Crippen molar-refractivity contribution in [2.45, 2.75) is 6.92 Å². The highest BCUT2D eigenvalue weighted by molar-refractivity contribution is 5.66. The van der Waals surface area contributed by atoms with Crippen molar-refractivity contribution >= 4 is 6.09 Å². The molecule has 0 spiro atoms. The molecule has 0 unspecified atom stereocenters. The fraction of sp³-hybridized carbons (Fsp3) is 0.800. The summed E-state index contributed by atoms with van der Waals surface area (Å²) in [5, 5.41) is 1.53. The standard InChI is InChI=1S/C5H12N2O2/c1-4-9-5(8)6-7(2)3/h4H2,1-3H3,(H,6,8). The second-order valence-electron chi connectivity index (χ2n) is 1.73. The first-order valence-electron chi connectivity index (χ1n) is 2.77. The number of rotatable bonds is 2. The highest BCUT2D eigenvalue weighted by Gasteiger charge is 1.97. The number of hydrazine groups is 1. The van der Waals surface area contributed by atoms with E-state index in [0.717, 1.165) is 0 Å². The highest BCUT2D eigenvalue weighted by Crippen LogP contribution is 1.75. The maximum Gasteiger partial charge on any atom is 0.421 e. The minimum absolute atomic E-state index is 0.402. The number of hydrogen-bond acceptors (Lipinski definition) is 3. The Morgan fingerprint density at radius 1 is 1.67 bits per heavy atom. The fourth-order valence-corrected chi connectivity index (χ4v) is 0.346. The molecule has 4 nitrogen and oxygen atoms in total. The van der Waals surface area contributed by atoms with Crippen molar-refractivity contribution in [1.82, 2.24) is 10.4 Å². The van der Waals surface area contributed by atoms with Gasteiger partial charge in [-0.15, -0.1) is 0 Å². The molecule has 54 valence electrons. The highest BCUT2D eigenvalue weighted by atomic mass is 16.6. The molecule has 0 aromatic rings. The van der Waals surface area contributed by atoms with Gasteiger partial charge in [0.05, 0.1) is 6.61 Å². The van der Waals surface area contributed by atoms with E-state index < -0.39 is 6.09 Å². The molecule has 0 aromatic heterocycles. The molecular formula is C5H12N2O2. The predicted molar refractivity (Wildman–Crippen MR) is 33.8 cm³/mol. The SMILES string of the molecule is CCOC(=O)NN(C)C. The van der Waals surface area contributed by atoms with Crippen LogP contribution in [0.1, 0.15) is 6.92 Å². The van der Waals surface area contributed by atoms with Crippen LogP contribution in [0.5, 0.6) is 0 Å². The number of carbonyl (C=O) groups excluding carboxylic acids is 1. The lowest BCUT2D eigenvalue weighted by molar-refractivity contribution is 0.127. The second-order valence-corrected chi connectivity index (χ2v) is 1.73. The molecule has 0 saturated heterocycles. The van der Waals surface area contributed by atoms with E-state index >= 15 is 0 Å². The van der Waals surface area contributed by atoms with Crippen molar-refractivity contribution < 1.29 is 9.53 Å². The Kier molecular flexibility index (Phi) is 3.79. The molecule has 0 aliphatic rings. The smallest absolute Gasteiger partial charge is 0.421 e. The van der Waals surface area contributed by atoms with Crippen LogP contribution < -0.4 is 5.43 Å². The van der Waals surface area contributed by atoms with Crippen molar-refractivity contribution in [2.24, 2.45) is 0 Å². The zero-order chi connectivity index (χ0) is 7.28. The molecule has 0 aromatic carbocycles. The van der Waals surface area contributed by atoms with Crippen LogP contribution in [0, 0.1) is 0 Å². The summed E-state index contributed by atoms with van der Waals surface area (Å²) in [6.45, 7) is 2.16. The molecule has 0 aliphatic carbocycles. The summed E-state index contributed by atoms with van der Waals surface area (Å²) in [7, 11) is 3.44. The Labute approximate surface area is 54.8 Å². The maximum atomic E-state index is 10.5. The van der Waals surface area contributed by atoms with Crippen LogP contribution in [0.2, 0.25) is 0 Å². The van der Waals surface area contributed by atoms with Gasteiger partial charge in [0.25, 0.3) is 0 Å². The number of nitrogens with one attached hydrogen (secondary N) is 1. The molecule has 9 heavy (non-hydrogen) atoms. The largest absolute Gasteiger partial charge is 0.449 e. The van der Waals surface area contributed by atoms with Crippen LogP contribution in [0.4, 0.5) is 4.79 Å². The zero-order valence-corrected chi connectivity index (χ0v) is 5.97. The van der Waals surface area contributed by atoms with Crippen LogP contribution >= 0.6 is 0 Å². The zero-order valence-electron chi connectivity index (χ0n) is 5.97. The molecule has 0 rings (SSSR count). The minimum atomic E-state index is -0.414. The number of nitrogens with zero attached hydrogens (tertiary/aromatic N) is 1. The Balaban J connectivity index is 3.27. The molecule has 0 fully saturated rings. The first kappa shape index (κ1) is 8.23. The third-order valence-corrected chi connectivity index (χ3v) is 0.590. The van der Waals surface area contributed by atoms with Gasteiger partial charge in [0.1, 0.15) is 0 Å². The Hall–Kier alpha value is -0.770. The van der Waals surface area contributed by atoms with Crippen molar-refractivity contribution in [3.63, 3.8) is 0 Å². The van der Waals surface area contributed by atoms with E-state index in [0.29, 0.717) is 6.61 Å². The van der Waals surface area contributed by atoms with E-state index in [9.17, 15) is 4.79 Å². The second kappa shape index (κ2) is 4.14. The molecule has 0 radical (unpaired) electrons. The Bertz CT molecular complexity index is 93.0. The van der Waals surface area contributed by atoms with E-state index in [1.54, 1.807) is 21.0 Å². The van der Waals surface area contributed by atoms with Crippen molar-refractivity contribution in [3.8, 4) is 0 Å². The van der Waals surface area contributed by atoms with Crippen LogP contribution in [0.15, 0.2) is 0 Å².